The molecule has 2 N–H and O–H groups in total. The van der Waals surface area contributed by atoms with Crippen LogP contribution >= 0.6 is 0 Å². The first-order valence-electron chi connectivity index (χ1n) is 8.07. The lowest BCUT2D eigenvalue weighted by molar-refractivity contribution is 0.0413. The Morgan fingerprint density at radius 2 is 2.00 bits per heavy atom. The summed E-state index contributed by atoms with van der Waals surface area (Å²) in [6.07, 6.45) is 2.21. The number of likely N-dealkylation sites (tertiary alicyclic amines) is 1. The van der Waals surface area contributed by atoms with E-state index in [1.165, 1.54) is 12.0 Å². The topological polar surface area (TPSA) is 38.5 Å². The van der Waals surface area contributed by atoms with Gasteiger partial charge >= 0.3 is 0 Å². The van der Waals surface area contributed by atoms with E-state index in [2.05, 4.69) is 37.8 Å². The molecule has 21 heavy (non-hydrogen) atoms. The van der Waals surface area contributed by atoms with Crippen LogP contribution in [0, 0.1) is 11.8 Å². The maximum absolute atomic E-state index is 6.17. The minimum Gasteiger partial charge on any atom is -0.496 e. The number of hydrogen-bond donors (Lipinski definition) is 1. The standard InChI is InChI=1S/C18H30N2O/c1-14-9-10-20(12-15(14)2)18(3,13-19)11-16-7-5-6-8-17(16)21-4/h5-8,14-15H,9-13,19H2,1-4H3. The third-order valence-corrected chi connectivity index (χ3v) is 5.30. The van der Waals surface area contributed by atoms with Crippen molar-refractivity contribution in [1.82, 2.24) is 4.90 Å². The summed E-state index contributed by atoms with van der Waals surface area (Å²) >= 11 is 0. The fourth-order valence-corrected chi connectivity index (χ4v) is 3.33. The highest BCUT2D eigenvalue weighted by Crippen LogP contribution is 2.31. The van der Waals surface area contributed by atoms with Crippen molar-refractivity contribution in [2.75, 3.05) is 26.7 Å². The van der Waals surface area contributed by atoms with Gasteiger partial charge in [-0.05, 0) is 49.8 Å². The van der Waals surface area contributed by atoms with Gasteiger partial charge in [0, 0.05) is 18.6 Å². The molecule has 1 fully saturated rings. The van der Waals surface area contributed by atoms with Crippen LogP contribution in [-0.4, -0.2) is 37.2 Å². The summed E-state index contributed by atoms with van der Waals surface area (Å²) in [7, 11) is 1.74. The number of hydrogen-bond acceptors (Lipinski definition) is 3. The Morgan fingerprint density at radius 1 is 1.29 bits per heavy atom. The van der Waals surface area contributed by atoms with E-state index in [-0.39, 0.29) is 5.54 Å². The second-order valence-corrected chi connectivity index (χ2v) is 6.88. The minimum absolute atomic E-state index is 0.00301. The lowest BCUT2D eigenvalue weighted by atomic mass is 9.83. The van der Waals surface area contributed by atoms with Gasteiger partial charge in [-0.15, -0.1) is 0 Å². The molecule has 1 aromatic rings. The van der Waals surface area contributed by atoms with Crippen molar-refractivity contribution < 1.29 is 4.74 Å². The van der Waals surface area contributed by atoms with Gasteiger partial charge in [0.05, 0.1) is 7.11 Å². The van der Waals surface area contributed by atoms with Crippen LogP contribution in [0.25, 0.3) is 0 Å². The van der Waals surface area contributed by atoms with Crippen molar-refractivity contribution in [1.29, 1.82) is 0 Å². The number of methoxy groups -OCH3 is 1. The van der Waals surface area contributed by atoms with Gasteiger partial charge < -0.3 is 10.5 Å². The molecule has 0 bridgehead atoms. The molecule has 0 radical (unpaired) electrons. The van der Waals surface area contributed by atoms with Gasteiger partial charge in [0.1, 0.15) is 5.75 Å². The van der Waals surface area contributed by atoms with E-state index in [1.54, 1.807) is 7.11 Å². The molecule has 3 nitrogen and oxygen atoms in total. The Balaban J connectivity index is 2.17. The average molecular weight is 290 g/mol. The summed E-state index contributed by atoms with van der Waals surface area (Å²) < 4.78 is 5.50. The van der Waals surface area contributed by atoms with E-state index in [0.717, 1.165) is 37.1 Å². The first-order chi connectivity index (χ1) is 10.00. The molecule has 0 aliphatic carbocycles. The number of rotatable bonds is 5. The molecule has 0 saturated carbocycles. The molecular formula is C18H30N2O. The van der Waals surface area contributed by atoms with Gasteiger partial charge in [0.2, 0.25) is 0 Å². The molecule has 0 aromatic heterocycles. The molecule has 2 rings (SSSR count). The smallest absolute Gasteiger partial charge is 0.122 e. The molecule has 1 aromatic carbocycles. The number of piperidine rings is 1. The molecule has 3 unspecified atom stereocenters. The maximum Gasteiger partial charge on any atom is 0.122 e. The van der Waals surface area contributed by atoms with Crippen LogP contribution in [0.1, 0.15) is 32.8 Å². The molecule has 1 saturated heterocycles. The Labute approximate surface area is 129 Å². The van der Waals surface area contributed by atoms with Crippen LogP contribution in [0.2, 0.25) is 0 Å². The Morgan fingerprint density at radius 3 is 2.62 bits per heavy atom. The normalized spacial score (nSPS) is 26.3. The van der Waals surface area contributed by atoms with Gasteiger partial charge in [0.25, 0.3) is 0 Å². The number of nitrogens with two attached hydrogens (primary N) is 1. The average Bonchev–Trinajstić information content (AvgIpc) is 2.50. The molecule has 3 atom stereocenters. The van der Waals surface area contributed by atoms with Crippen molar-refractivity contribution in [2.45, 2.75) is 39.2 Å². The first-order valence-corrected chi connectivity index (χ1v) is 8.07. The van der Waals surface area contributed by atoms with Gasteiger partial charge in [-0.2, -0.15) is 0 Å². The largest absolute Gasteiger partial charge is 0.496 e. The maximum atomic E-state index is 6.17. The number of ether oxygens (including phenoxy) is 1. The van der Waals surface area contributed by atoms with E-state index in [4.69, 9.17) is 10.5 Å². The van der Waals surface area contributed by atoms with E-state index in [1.807, 2.05) is 12.1 Å². The summed E-state index contributed by atoms with van der Waals surface area (Å²) in [4.78, 5) is 2.59. The van der Waals surface area contributed by atoms with Crippen LogP contribution in [0.4, 0.5) is 0 Å². The lowest BCUT2D eigenvalue weighted by Gasteiger charge is -2.46. The molecule has 0 amide bonds. The predicted octanol–water partition coefficient (Wildman–Crippen LogP) is 2.93. The zero-order valence-electron chi connectivity index (χ0n) is 13.9. The fourth-order valence-electron chi connectivity index (χ4n) is 3.33. The summed E-state index contributed by atoms with van der Waals surface area (Å²) in [6, 6.07) is 8.29. The Kier molecular flexibility index (Phi) is 5.28. The second-order valence-electron chi connectivity index (χ2n) is 6.88. The van der Waals surface area contributed by atoms with Crippen LogP contribution in [0.5, 0.6) is 5.75 Å². The molecule has 0 spiro atoms. The van der Waals surface area contributed by atoms with E-state index in [0.29, 0.717) is 6.54 Å². The summed E-state index contributed by atoms with van der Waals surface area (Å²) in [5.41, 5.74) is 7.43. The fraction of sp³-hybridized carbons (Fsp3) is 0.667. The Bertz CT molecular complexity index is 462. The van der Waals surface area contributed by atoms with Crippen LogP contribution in [0.3, 0.4) is 0 Å². The number of nitrogens with zero attached hydrogens (tertiary/aromatic N) is 1. The van der Waals surface area contributed by atoms with Crippen molar-refractivity contribution >= 4 is 0 Å². The van der Waals surface area contributed by atoms with Crippen LogP contribution in [0.15, 0.2) is 24.3 Å². The van der Waals surface area contributed by atoms with Gasteiger partial charge in [-0.1, -0.05) is 32.0 Å². The van der Waals surface area contributed by atoms with Crippen molar-refractivity contribution in [3.63, 3.8) is 0 Å². The van der Waals surface area contributed by atoms with E-state index < -0.39 is 0 Å². The summed E-state index contributed by atoms with van der Waals surface area (Å²) in [5, 5.41) is 0. The van der Waals surface area contributed by atoms with Crippen LogP contribution in [-0.2, 0) is 6.42 Å². The number of benzene rings is 1. The predicted molar refractivity (Wildman–Crippen MR) is 88.7 cm³/mol. The second kappa shape index (κ2) is 6.80. The molecule has 1 aliphatic heterocycles. The van der Waals surface area contributed by atoms with Gasteiger partial charge in [0.15, 0.2) is 0 Å². The molecule has 118 valence electrons. The first kappa shape index (κ1) is 16.3. The molecule has 3 heteroatoms. The zero-order chi connectivity index (χ0) is 15.5. The number of para-hydroxylation sites is 1. The van der Waals surface area contributed by atoms with Gasteiger partial charge in [-0.25, -0.2) is 0 Å². The van der Waals surface area contributed by atoms with E-state index in [9.17, 15) is 0 Å². The SMILES string of the molecule is COc1ccccc1CC(C)(CN)N1CCC(C)C(C)C1. The summed E-state index contributed by atoms with van der Waals surface area (Å²) in [5.74, 6) is 2.52. The van der Waals surface area contributed by atoms with E-state index >= 15 is 0 Å². The van der Waals surface area contributed by atoms with Crippen molar-refractivity contribution in [3.8, 4) is 5.75 Å². The third kappa shape index (κ3) is 3.58. The highest BCUT2D eigenvalue weighted by Gasteiger charge is 2.35. The zero-order valence-corrected chi connectivity index (χ0v) is 13.9. The highest BCUT2D eigenvalue weighted by molar-refractivity contribution is 5.34. The molecule has 1 heterocycles. The van der Waals surface area contributed by atoms with Gasteiger partial charge in [-0.3, -0.25) is 4.90 Å². The molecule has 1 aliphatic rings. The summed E-state index contributed by atoms with van der Waals surface area (Å²) in [6.45, 7) is 9.98. The quantitative estimate of drug-likeness (QED) is 0.906. The lowest BCUT2D eigenvalue weighted by Crippen LogP contribution is -2.57. The van der Waals surface area contributed by atoms with Crippen molar-refractivity contribution in [2.24, 2.45) is 17.6 Å². The highest BCUT2D eigenvalue weighted by atomic mass is 16.5. The van der Waals surface area contributed by atoms with Crippen LogP contribution < -0.4 is 10.5 Å². The third-order valence-electron chi connectivity index (χ3n) is 5.30. The Hall–Kier alpha value is -1.06. The monoisotopic (exact) mass is 290 g/mol. The molecular weight excluding hydrogens is 260 g/mol. The van der Waals surface area contributed by atoms with Crippen molar-refractivity contribution in [3.05, 3.63) is 29.8 Å². The minimum atomic E-state index is 0.00301.